The molecule has 2 bridgehead atoms. The Morgan fingerprint density at radius 1 is 0.920 bits per heavy atom. The average Bonchev–Trinajstić information content (AvgIpc) is 3.30. The molecule has 0 aromatic rings. The Morgan fingerprint density at radius 2 is 1.64 bits per heavy atom. The molecule has 2 aliphatic heterocycles. The summed E-state index contributed by atoms with van der Waals surface area (Å²) in [5.74, 6) is 2.34. The van der Waals surface area contributed by atoms with Crippen molar-refractivity contribution in [2.75, 3.05) is 52.5 Å². The quantitative estimate of drug-likeness (QED) is 0.757. The van der Waals surface area contributed by atoms with Gasteiger partial charge in [-0.15, -0.1) is 0 Å². The fraction of sp³-hybridized carbons (Fsp3) is 0.895. The van der Waals surface area contributed by atoms with E-state index < -0.39 is 0 Å². The molecule has 0 spiro atoms. The van der Waals surface area contributed by atoms with Crippen LogP contribution in [-0.2, 0) is 14.3 Å². The maximum Gasteiger partial charge on any atom is 0.239 e. The van der Waals surface area contributed by atoms with Gasteiger partial charge < -0.3 is 14.5 Å². The van der Waals surface area contributed by atoms with E-state index in [1.165, 1.54) is 19.3 Å². The molecule has 4 fully saturated rings. The molecule has 2 aliphatic carbocycles. The smallest absolute Gasteiger partial charge is 0.239 e. The normalized spacial score (nSPS) is 34.4. The Hall–Kier alpha value is -1.14. The molecular weight excluding hydrogens is 318 g/mol. The number of nitrogens with zero attached hydrogens (tertiary/aromatic N) is 3. The van der Waals surface area contributed by atoms with Crippen LogP contribution in [0.4, 0.5) is 0 Å². The highest BCUT2D eigenvalue weighted by atomic mass is 16.5. The molecule has 4 atom stereocenters. The molecule has 0 unspecified atom stereocenters. The summed E-state index contributed by atoms with van der Waals surface area (Å²) in [5.41, 5.74) is 0. The maximum absolute atomic E-state index is 12.9. The third-order valence-electron chi connectivity index (χ3n) is 6.91. The predicted molar refractivity (Wildman–Crippen MR) is 94.0 cm³/mol. The summed E-state index contributed by atoms with van der Waals surface area (Å²) in [6.45, 7) is 7.85. The maximum atomic E-state index is 12.9. The van der Waals surface area contributed by atoms with E-state index in [-0.39, 0.29) is 17.9 Å². The summed E-state index contributed by atoms with van der Waals surface area (Å²) in [5, 5.41) is 0. The molecular formula is C19H31N3O3. The Morgan fingerprint density at radius 3 is 2.24 bits per heavy atom. The van der Waals surface area contributed by atoms with Gasteiger partial charge in [0.05, 0.1) is 19.3 Å². The van der Waals surface area contributed by atoms with Gasteiger partial charge in [0.25, 0.3) is 0 Å². The molecule has 4 aliphatic rings. The zero-order valence-electron chi connectivity index (χ0n) is 15.4. The second-order valence-corrected chi connectivity index (χ2v) is 8.26. The van der Waals surface area contributed by atoms with Gasteiger partial charge in [0, 0.05) is 45.2 Å². The van der Waals surface area contributed by atoms with Gasteiger partial charge in [-0.1, -0.05) is 6.42 Å². The van der Waals surface area contributed by atoms with E-state index in [0.29, 0.717) is 38.1 Å². The summed E-state index contributed by atoms with van der Waals surface area (Å²) < 4.78 is 5.33. The van der Waals surface area contributed by atoms with Crippen molar-refractivity contribution < 1.29 is 14.3 Å². The van der Waals surface area contributed by atoms with E-state index in [2.05, 4.69) is 9.80 Å². The largest absolute Gasteiger partial charge is 0.378 e. The molecule has 140 valence electrons. The van der Waals surface area contributed by atoms with Crippen LogP contribution < -0.4 is 0 Å². The van der Waals surface area contributed by atoms with Gasteiger partial charge in [0.15, 0.2) is 0 Å². The highest BCUT2D eigenvalue weighted by Crippen LogP contribution is 2.48. The number of hydrogen-bond donors (Lipinski definition) is 0. The first kappa shape index (κ1) is 17.3. The first-order chi connectivity index (χ1) is 12.1. The van der Waals surface area contributed by atoms with Crippen LogP contribution in [0.15, 0.2) is 0 Å². The molecule has 6 heteroatoms. The molecule has 0 radical (unpaired) electrons. The van der Waals surface area contributed by atoms with Crippen LogP contribution in [0.2, 0.25) is 0 Å². The fourth-order valence-electron chi connectivity index (χ4n) is 5.32. The molecule has 2 saturated carbocycles. The third kappa shape index (κ3) is 3.43. The zero-order chi connectivity index (χ0) is 17.4. The summed E-state index contributed by atoms with van der Waals surface area (Å²) in [6.07, 6.45) is 4.99. The minimum atomic E-state index is -0.0992. The van der Waals surface area contributed by atoms with E-state index in [9.17, 15) is 9.59 Å². The topological polar surface area (TPSA) is 53.1 Å². The average molecular weight is 349 g/mol. The Labute approximate surface area is 150 Å². The van der Waals surface area contributed by atoms with Gasteiger partial charge in [-0.25, -0.2) is 0 Å². The van der Waals surface area contributed by atoms with Crippen molar-refractivity contribution in [2.24, 2.45) is 17.8 Å². The van der Waals surface area contributed by atoms with Gasteiger partial charge in [-0.05, 0) is 38.0 Å². The number of fused-ring (bicyclic) bond motifs is 2. The van der Waals surface area contributed by atoms with Crippen molar-refractivity contribution in [1.29, 1.82) is 0 Å². The van der Waals surface area contributed by atoms with Gasteiger partial charge >= 0.3 is 0 Å². The van der Waals surface area contributed by atoms with Crippen molar-refractivity contribution in [2.45, 2.75) is 38.6 Å². The van der Waals surface area contributed by atoms with Gasteiger partial charge in [0.1, 0.15) is 0 Å². The summed E-state index contributed by atoms with van der Waals surface area (Å²) in [7, 11) is 0. The number of ether oxygens (including phenoxy) is 1. The molecule has 4 rings (SSSR count). The number of rotatable bonds is 3. The Balaban J connectivity index is 1.27. The second kappa shape index (κ2) is 7.23. The lowest BCUT2D eigenvalue weighted by Crippen LogP contribution is -2.57. The predicted octanol–water partition coefficient (Wildman–Crippen LogP) is 0.814. The lowest BCUT2D eigenvalue weighted by atomic mass is 9.87. The molecule has 0 N–H and O–H groups in total. The van der Waals surface area contributed by atoms with Crippen molar-refractivity contribution in [3.8, 4) is 0 Å². The minimum Gasteiger partial charge on any atom is -0.378 e. The third-order valence-corrected chi connectivity index (χ3v) is 6.91. The summed E-state index contributed by atoms with van der Waals surface area (Å²) in [4.78, 5) is 31.7. The van der Waals surface area contributed by atoms with E-state index in [4.69, 9.17) is 4.74 Å². The van der Waals surface area contributed by atoms with Gasteiger partial charge in [-0.2, -0.15) is 0 Å². The molecule has 2 heterocycles. The fourth-order valence-corrected chi connectivity index (χ4v) is 5.32. The monoisotopic (exact) mass is 349 g/mol. The number of hydrogen-bond acceptors (Lipinski definition) is 4. The van der Waals surface area contributed by atoms with Gasteiger partial charge in [-0.3, -0.25) is 14.5 Å². The SMILES string of the molecule is C[C@@H](C(=O)N1CCOCC1)N1CCN(C(=O)[C@@H]2C[C@H]3CC[C@H]2C3)CC1. The van der Waals surface area contributed by atoms with E-state index in [1.54, 1.807) is 0 Å². The zero-order valence-corrected chi connectivity index (χ0v) is 15.4. The number of carbonyl (C=O) groups is 2. The van der Waals surface area contributed by atoms with Gasteiger partial charge in [0.2, 0.25) is 11.8 Å². The van der Waals surface area contributed by atoms with Crippen molar-refractivity contribution in [1.82, 2.24) is 14.7 Å². The lowest BCUT2D eigenvalue weighted by molar-refractivity contribution is -0.143. The number of carbonyl (C=O) groups excluding carboxylic acids is 2. The molecule has 2 amide bonds. The highest BCUT2D eigenvalue weighted by Gasteiger charge is 2.44. The number of morpholine rings is 1. The summed E-state index contributed by atoms with van der Waals surface area (Å²) in [6, 6.07) is -0.0992. The van der Waals surface area contributed by atoms with Crippen molar-refractivity contribution in [3.05, 3.63) is 0 Å². The first-order valence-electron chi connectivity index (χ1n) is 10.0. The number of piperazine rings is 1. The van der Waals surface area contributed by atoms with Crippen LogP contribution in [0.25, 0.3) is 0 Å². The van der Waals surface area contributed by atoms with Crippen LogP contribution in [0, 0.1) is 17.8 Å². The standard InChI is InChI=1S/C19H31N3O3/c1-14(18(23)22-8-10-25-11-9-22)20-4-6-21(7-5-20)19(24)17-13-15-2-3-16(17)12-15/h14-17H,2-13H2,1H3/t14-,15-,16-,17+/m0/s1. The van der Waals surface area contributed by atoms with Crippen LogP contribution in [-0.4, -0.2) is 85.0 Å². The van der Waals surface area contributed by atoms with E-state index >= 15 is 0 Å². The molecule has 6 nitrogen and oxygen atoms in total. The first-order valence-corrected chi connectivity index (χ1v) is 10.0. The molecule has 0 aromatic carbocycles. The molecule has 0 aromatic heterocycles. The molecule has 25 heavy (non-hydrogen) atoms. The lowest BCUT2D eigenvalue weighted by Gasteiger charge is -2.40. The van der Waals surface area contributed by atoms with E-state index in [0.717, 1.165) is 38.5 Å². The van der Waals surface area contributed by atoms with Crippen molar-refractivity contribution >= 4 is 11.8 Å². The van der Waals surface area contributed by atoms with E-state index in [1.807, 2.05) is 11.8 Å². The Kier molecular flexibility index (Phi) is 5.00. The van der Waals surface area contributed by atoms with Crippen LogP contribution >= 0.6 is 0 Å². The second-order valence-electron chi connectivity index (χ2n) is 8.26. The molecule has 2 saturated heterocycles. The van der Waals surface area contributed by atoms with Crippen LogP contribution in [0.3, 0.4) is 0 Å². The van der Waals surface area contributed by atoms with Crippen LogP contribution in [0.5, 0.6) is 0 Å². The highest BCUT2D eigenvalue weighted by molar-refractivity contribution is 5.82. The van der Waals surface area contributed by atoms with Crippen molar-refractivity contribution in [3.63, 3.8) is 0 Å². The number of amides is 2. The minimum absolute atomic E-state index is 0.0992. The Bertz CT molecular complexity index is 512. The summed E-state index contributed by atoms with van der Waals surface area (Å²) >= 11 is 0. The van der Waals surface area contributed by atoms with Crippen LogP contribution in [0.1, 0.15) is 32.6 Å².